The Balaban J connectivity index is 2.01. The lowest BCUT2D eigenvalue weighted by Crippen LogP contribution is -2.40. The van der Waals surface area contributed by atoms with Crippen LogP contribution in [0.25, 0.3) is 17.5 Å². The quantitative estimate of drug-likeness (QED) is 0.303. The molecule has 0 amide bonds. The van der Waals surface area contributed by atoms with Gasteiger partial charge in [-0.25, -0.2) is 4.79 Å². The van der Waals surface area contributed by atoms with Crippen molar-refractivity contribution in [1.29, 1.82) is 5.26 Å². The van der Waals surface area contributed by atoms with Crippen molar-refractivity contribution in [3.05, 3.63) is 105 Å². The lowest BCUT2D eigenvalue weighted by atomic mass is 9.84. The van der Waals surface area contributed by atoms with Crippen LogP contribution in [-0.4, -0.2) is 27.5 Å². The van der Waals surface area contributed by atoms with Gasteiger partial charge < -0.3 is 10.5 Å². The van der Waals surface area contributed by atoms with Gasteiger partial charge in [0.05, 0.1) is 44.6 Å². The molecule has 13 heteroatoms. The number of ether oxygens (including phenoxy) is 1. The molecule has 1 aromatic heterocycles. The lowest BCUT2D eigenvalue weighted by Gasteiger charge is -2.24. The zero-order valence-electron chi connectivity index (χ0n) is 18.4. The first-order chi connectivity index (χ1) is 17.2. The molecule has 1 unspecified atom stereocenters. The molecule has 12 nitrogen and oxygen atoms in total. The number of methoxy groups -OCH3 is 1. The molecule has 1 aliphatic rings. The molecule has 2 heterocycles. The van der Waals surface area contributed by atoms with Gasteiger partial charge in [-0.1, -0.05) is 12.1 Å². The summed E-state index contributed by atoms with van der Waals surface area (Å²) in [7, 11) is 1.15. The number of hydrogen-bond donors (Lipinski definition) is 1. The highest BCUT2D eigenvalue weighted by Gasteiger charge is 2.36. The van der Waals surface area contributed by atoms with Crippen LogP contribution in [0.4, 0.5) is 11.4 Å². The third kappa shape index (κ3) is 4.01. The maximum Gasteiger partial charge on any atom is 0.337 e. The van der Waals surface area contributed by atoms with E-state index in [-0.39, 0.29) is 37.5 Å². The van der Waals surface area contributed by atoms with Crippen molar-refractivity contribution in [1.82, 2.24) is 4.57 Å². The molecule has 36 heavy (non-hydrogen) atoms. The number of carbonyl (C=O) groups excluding carboxylic acids is 1. The van der Waals surface area contributed by atoms with E-state index >= 15 is 0 Å². The molecular formula is C23H15N5O7S. The van der Waals surface area contributed by atoms with Gasteiger partial charge in [0.2, 0.25) is 0 Å². The van der Waals surface area contributed by atoms with E-state index in [4.69, 9.17) is 10.5 Å². The molecule has 1 atom stereocenters. The summed E-state index contributed by atoms with van der Waals surface area (Å²) in [5.74, 6) is -2.03. The van der Waals surface area contributed by atoms with Gasteiger partial charge in [-0.15, -0.1) is 11.3 Å². The minimum absolute atomic E-state index is 0.0254. The number of aromatic nitrogens is 1. The molecule has 0 saturated carbocycles. The number of benzene rings is 2. The number of non-ortho nitro benzene ring substituents is 2. The third-order valence-corrected chi connectivity index (χ3v) is 6.62. The molecule has 0 radical (unpaired) electrons. The molecule has 0 aliphatic carbocycles. The fourth-order valence-corrected chi connectivity index (χ4v) is 4.99. The van der Waals surface area contributed by atoms with E-state index in [2.05, 4.69) is 0 Å². The van der Waals surface area contributed by atoms with Gasteiger partial charge >= 0.3 is 5.97 Å². The Morgan fingerprint density at radius 1 is 1.11 bits per heavy atom. The second kappa shape index (κ2) is 9.28. The zero-order valence-corrected chi connectivity index (χ0v) is 19.2. The van der Waals surface area contributed by atoms with Crippen molar-refractivity contribution in [3.8, 4) is 6.07 Å². The van der Waals surface area contributed by atoms with Crippen molar-refractivity contribution in [3.63, 3.8) is 0 Å². The molecule has 2 aromatic carbocycles. The summed E-state index contributed by atoms with van der Waals surface area (Å²) in [5, 5.41) is 31.9. The number of carbonyl (C=O) groups is 1. The average Bonchev–Trinajstić information content (AvgIpc) is 3.19. The van der Waals surface area contributed by atoms with Crippen molar-refractivity contribution < 1.29 is 19.4 Å². The summed E-state index contributed by atoms with van der Waals surface area (Å²) in [5.41, 5.74) is 6.08. The van der Waals surface area contributed by atoms with Crippen molar-refractivity contribution in [2.45, 2.75) is 5.92 Å². The Morgan fingerprint density at radius 3 is 2.17 bits per heavy atom. The largest absolute Gasteiger partial charge is 0.466 e. The Bertz CT molecular complexity index is 1680. The van der Waals surface area contributed by atoms with E-state index < -0.39 is 27.3 Å². The van der Waals surface area contributed by atoms with E-state index in [1.165, 1.54) is 54.6 Å². The first-order valence-electron chi connectivity index (χ1n) is 10.1. The second-order valence-corrected chi connectivity index (χ2v) is 8.53. The highest BCUT2D eigenvalue weighted by molar-refractivity contribution is 7.07. The van der Waals surface area contributed by atoms with E-state index in [9.17, 15) is 35.1 Å². The van der Waals surface area contributed by atoms with Crippen LogP contribution in [0.2, 0.25) is 0 Å². The average molecular weight is 505 g/mol. The summed E-state index contributed by atoms with van der Waals surface area (Å²) < 4.78 is 6.30. The number of esters is 1. The van der Waals surface area contributed by atoms with Crippen LogP contribution in [-0.2, 0) is 9.53 Å². The van der Waals surface area contributed by atoms with E-state index in [0.717, 1.165) is 23.0 Å². The predicted octanol–water partition coefficient (Wildman–Crippen LogP) is 1.33. The molecule has 0 bridgehead atoms. The van der Waals surface area contributed by atoms with E-state index in [1.54, 1.807) is 0 Å². The van der Waals surface area contributed by atoms with Gasteiger partial charge in [0.1, 0.15) is 10.5 Å². The van der Waals surface area contributed by atoms with E-state index in [0.29, 0.717) is 11.1 Å². The molecule has 4 rings (SSSR count). The highest BCUT2D eigenvalue weighted by atomic mass is 32.1. The maximum absolute atomic E-state index is 13.3. The number of nitro groups is 2. The SMILES string of the molecule is COC(=O)C1=c2s/c(=C\c3ccc([N+](=O)[O-])cc3)c(=O)n2C(N)=C(C#N)C1c1ccc([N+](=O)[O-])cc1. The van der Waals surface area contributed by atoms with Gasteiger partial charge in [0, 0.05) is 24.3 Å². The monoisotopic (exact) mass is 505 g/mol. The predicted molar refractivity (Wildman–Crippen MR) is 129 cm³/mol. The molecule has 3 aromatic rings. The summed E-state index contributed by atoms with van der Waals surface area (Å²) >= 11 is 0.933. The summed E-state index contributed by atoms with van der Waals surface area (Å²) in [6.07, 6.45) is 1.48. The number of nitro benzene ring substituents is 2. The molecular weight excluding hydrogens is 490 g/mol. The molecule has 0 saturated heterocycles. The minimum Gasteiger partial charge on any atom is -0.466 e. The summed E-state index contributed by atoms with van der Waals surface area (Å²) in [4.78, 5) is 47.0. The van der Waals surface area contributed by atoms with Gasteiger partial charge in [-0.2, -0.15) is 5.26 Å². The fourth-order valence-electron chi connectivity index (χ4n) is 3.82. The highest BCUT2D eigenvalue weighted by Crippen LogP contribution is 2.37. The lowest BCUT2D eigenvalue weighted by molar-refractivity contribution is -0.385. The van der Waals surface area contributed by atoms with Crippen LogP contribution in [0.1, 0.15) is 17.0 Å². The van der Waals surface area contributed by atoms with Crippen LogP contribution >= 0.6 is 11.3 Å². The zero-order chi connectivity index (χ0) is 26.1. The Kier molecular flexibility index (Phi) is 6.20. The van der Waals surface area contributed by atoms with Crippen LogP contribution in [0.15, 0.2) is 58.9 Å². The molecule has 0 fully saturated rings. The number of fused-ring (bicyclic) bond motifs is 1. The first-order valence-corrected chi connectivity index (χ1v) is 10.9. The number of thiazole rings is 1. The Labute approximate surface area is 205 Å². The molecule has 0 spiro atoms. The van der Waals surface area contributed by atoms with Crippen LogP contribution < -0.4 is 20.5 Å². The molecule has 1 aliphatic heterocycles. The summed E-state index contributed by atoms with van der Waals surface area (Å²) in [6.45, 7) is 0. The smallest absolute Gasteiger partial charge is 0.337 e. The number of nitrogens with zero attached hydrogens (tertiary/aromatic N) is 4. The minimum atomic E-state index is -1.03. The van der Waals surface area contributed by atoms with Crippen molar-refractivity contribution in [2.24, 2.45) is 5.73 Å². The summed E-state index contributed by atoms with van der Waals surface area (Å²) in [6, 6.07) is 12.7. The van der Waals surface area contributed by atoms with Crippen molar-refractivity contribution in [2.75, 3.05) is 7.11 Å². The van der Waals surface area contributed by atoms with E-state index in [1.807, 2.05) is 6.07 Å². The van der Waals surface area contributed by atoms with Crippen LogP contribution in [0.3, 0.4) is 0 Å². The van der Waals surface area contributed by atoms with Crippen LogP contribution in [0.5, 0.6) is 0 Å². The fraction of sp³-hybridized carbons (Fsp3) is 0.0870. The Morgan fingerprint density at radius 2 is 1.67 bits per heavy atom. The van der Waals surface area contributed by atoms with Gasteiger partial charge in [-0.05, 0) is 29.3 Å². The standard InChI is InChI=1S/C23H15N5O7S/c1-35-23(30)19-18(13-4-8-15(9-5-13)28(33)34)16(11-24)20(25)26-21(29)17(36-22(19)26)10-12-2-6-14(7-3-12)27(31)32/h2-10,18H,25H2,1H3/b17-10-. The molecule has 2 N–H and O–H groups in total. The van der Waals surface area contributed by atoms with Gasteiger partial charge in [0.15, 0.2) is 0 Å². The number of allylic oxidation sites excluding steroid dienone is 1. The van der Waals surface area contributed by atoms with Crippen LogP contribution in [0, 0.1) is 31.6 Å². The van der Waals surface area contributed by atoms with Gasteiger partial charge in [-0.3, -0.25) is 29.6 Å². The third-order valence-electron chi connectivity index (χ3n) is 5.51. The number of nitrogens with two attached hydrogens (primary N) is 1. The first kappa shape index (κ1) is 24.0. The number of hydrogen-bond acceptors (Lipinski definition) is 10. The Hall–Kier alpha value is -5.09. The van der Waals surface area contributed by atoms with Crippen molar-refractivity contribution >= 4 is 46.2 Å². The topological polar surface area (TPSA) is 184 Å². The normalized spacial score (nSPS) is 15.3. The number of nitriles is 1. The molecule has 180 valence electrons. The second-order valence-electron chi connectivity index (χ2n) is 7.50. The number of rotatable bonds is 5. The van der Waals surface area contributed by atoms with Gasteiger partial charge in [0.25, 0.3) is 16.9 Å². The maximum atomic E-state index is 13.3.